The number of halogens is 2. The van der Waals surface area contributed by atoms with Crippen LogP contribution in [0.3, 0.4) is 0 Å². The highest BCUT2D eigenvalue weighted by molar-refractivity contribution is 6.30. The lowest BCUT2D eigenvalue weighted by Gasteiger charge is -2.11. The van der Waals surface area contributed by atoms with Gasteiger partial charge < -0.3 is 19.0 Å². The van der Waals surface area contributed by atoms with E-state index in [9.17, 15) is 9.18 Å². The number of hydrogen-bond donors (Lipinski definition) is 0. The second-order valence-corrected chi connectivity index (χ2v) is 6.69. The topological polar surface area (TPSA) is 66.4 Å². The molecule has 0 aliphatic rings. The predicted octanol–water partition coefficient (Wildman–Crippen LogP) is 5.02. The molecule has 0 heterocycles. The molecule has 0 aromatic heterocycles. The van der Waals surface area contributed by atoms with Crippen LogP contribution in [0.15, 0.2) is 71.9 Å². The van der Waals surface area contributed by atoms with Crippen LogP contribution in [0.2, 0.25) is 5.02 Å². The summed E-state index contributed by atoms with van der Waals surface area (Å²) in [5.41, 5.74) is 1.41. The standard InChI is InChI=1S/C23H19ClFNO5/c1-28-22-10-5-16(11-17(22)14-29-20-8-6-19(25)7-9-20)13-26-31-23(27)15-30-21-4-2-3-18(24)12-21/h2-13H,14-15H2,1H3/b26-13+. The molecule has 31 heavy (non-hydrogen) atoms. The molecular weight excluding hydrogens is 425 g/mol. The van der Waals surface area contributed by atoms with Crippen molar-refractivity contribution in [2.45, 2.75) is 6.61 Å². The van der Waals surface area contributed by atoms with Crippen molar-refractivity contribution in [1.29, 1.82) is 0 Å². The van der Waals surface area contributed by atoms with Gasteiger partial charge >= 0.3 is 5.97 Å². The summed E-state index contributed by atoms with van der Waals surface area (Å²) in [5.74, 6) is 0.594. The summed E-state index contributed by atoms with van der Waals surface area (Å²) in [6, 6.07) is 17.7. The van der Waals surface area contributed by atoms with E-state index in [4.69, 9.17) is 30.6 Å². The lowest BCUT2D eigenvalue weighted by Crippen LogP contribution is -2.12. The number of carbonyl (C=O) groups excluding carboxylic acids is 1. The first kappa shape index (κ1) is 22.1. The van der Waals surface area contributed by atoms with Crippen LogP contribution in [-0.4, -0.2) is 25.9 Å². The van der Waals surface area contributed by atoms with Gasteiger partial charge in [0.25, 0.3) is 0 Å². The van der Waals surface area contributed by atoms with Crippen molar-refractivity contribution in [3.05, 3.63) is 88.7 Å². The Bertz CT molecular complexity index is 1060. The van der Waals surface area contributed by atoms with Crippen LogP contribution in [0, 0.1) is 5.82 Å². The number of ether oxygens (including phenoxy) is 3. The van der Waals surface area contributed by atoms with E-state index in [1.54, 1.807) is 49.6 Å². The molecule has 0 aliphatic carbocycles. The maximum Gasteiger partial charge on any atom is 0.372 e. The third-order valence-corrected chi connectivity index (χ3v) is 4.26. The van der Waals surface area contributed by atoms with Gasteiger partial charge in [0.1, 0.15) is 29.7 Å². The molecule has 3 rings (SSSR count). The molecule has 0 saturated heterocycles. The zero-order valence-electron chi connectivity index (χ0n) is 16.6. The average Bonchev–Trinajstić information content (AvgIpc) is 2.77. The van der Waals surface area contributed by atoms with Gasteiger partial charge in [0.05, 0.1) is 13.3 Å². The van der Waals surface area contributed by atoms with Gasteiger partial charge in [-0.25, -0.2) is 9.18 Å². The molecule has 0 fully saturated rings. The Morgan fingerprint density at radius 2 is 1.84 bits per heavy atom. The highest BCUT2D eigenvalue weighted by atomic mass is 35.5. The third-order valence-electron chi connectivity index (χ3n) is 4.02. The number of methoxy groups -OCH3 is 1. The fourth-order valence-corrected chi connectivity index (χ4v) is 2.74. The first-order valence-electron chi connectivity index (χ1n) is 9.20. The van der Waals surface area contributed by atoms with E-state index < -0.39 is 5.97 Å². The predicted molar refractivity (Wildman–Crippen MR) is 114 cm³/mol. The Labute approximate surface area is 183 Å². The molecule has 0 spiro atoms. The number of benzene rings is 3. The average molecular weight is 444 g/mol. The molecular formula is C23H19ClFNO5. The van der Waals surface area contributed by atoms with Crippen molar-refractivity contribution < 1.29 is 28.2 Å². The molecule has 160 valence electrons. The van der Waals surface area contributed by atoms with Gasteiger partial charge in [-0.2, -0.15) is 0 Å². The summed E-state index contributed by atoms with van der Waals surface area (Å²) < 4.78 is 29.3. The van der Waals surface area contributed by atoms with Crippen molar-refractivity contribution in [3.63, 3.8) is 0 Å². The van der Waals surface area contributed by atoms with E-state index in [-0.39, 0.29) is 19.0 Å². The van der Waals surface area contributed by atoms with Crippen molar-refractivity contribution in [1.82, 2.24) is 0 Å². The van der Waals surface area contributed by atoms with Crippen molar-refractivity contribution in [3.8, 4) is 17.2 Å². The maximum atomic E-state index is 13.0. The second-order valence-electron chi connectivity index (χ2n) is 6.26. The quantitative estimate of drug-likeness (QED) is 0.264. The van der Waals surface area contributed by atoms with Crippen LogP contribution in [0.5, 0.6) is 17.2 Å². The molecule has 3 aromatic rings. The number of hydrogen-bond acceptors (Lipinski definition) is 6. The number of rotatable bonds is 9. The summed E-state index contributed by atoms with van der Waals surface area (Å²) in [6.07, 6.45) is 1.39. The number of carbonyl (C=O) groups is 1. The molecule has 0 amide bonds. The van der Waals surface area contributed by atoms with E-state index in [2.05, 4.69) is 5.16 Å². The molecule has 0 radical (unpaired) electrons. The van der Waals surface area contributed by atoms with Gasteiger partial charge in [0.2, 0.25) is 0 Å². The molecule has 0 saturated carbocycles. The van der Waals surface area contributed by atoms with Gasteiger partial charge in [0.15, 0.2) is 6.61 Å². The Morgan fingerprint density at radius 1 is 1.03 bits per heavy atom. The normalized spacial score (nSPS) is 10.7. The molecule has 0 N–H and O–H groups in total. The summed E-state index contributed by atoms with van der Waals surface area (Å²) in [7, 11) is 1.55. The van der Waals surface area contributed by atoms with Crippen LogP contribution in [0.4, 0.5) is 4.39 Å². The van der Waals surface area contributed by atoms with E-state index >= 15 is 0 Å². The van der Waals surface area contributed by atoms with Gasteiger partial charge in [-0.3, -0.25) is 0 Å². The minimum atomic E-state index is -0.662. The number of oxime groups is 1. The van der Waals surface area contributed by atoms with Crippen LogP contribution < -0.4 is 14.2 Å². The van der Waals surface area contributed by atoms with Gasteiger partial charge in [0, 0.05) is 10.6 Å². The zero-order chi connectivity index (χ0) is 22.1. The van der Waals surface area contributed by atoms with E-state index in [0.717, 1.165) is 5.56 Å². The number of nitrogens with zero attached hydrogens (tertiary/aromatic N) is 1. The third kappa shape index (κ3) is 7.01. The molecule has 0 aliphatic heterocycles. The van der Waals surface area contributed by atoms with Crippen LogP contribution in [0.1, 0.15) is 11.1 Å². The Balaban J connectivity index is 1.55. The molecule has 0 unspecified atom stereocenters. The SMILES string of the molecule is COc1ccc(/C=N/OC(=O)COc2cccc(Cl)c2)cc1COc1ccc(F)cc1. The first-order valence-corrected chi connectivity index (χ1v) is 9.58. The van der Waals surface area contributed by atoms with Crippen molar-refractivity contribution >= 4 is 23.8 Å². The largest absolute Gasteiger partial charge is 0.496 e. The molecule has 0 atom stereocenters. The van der Waals surface area contributed by atoms with Crippen LogP contribution in [0.25, 0.3) is 0 Å². The fraction of sp³-hybridized carbons (Fsp3) is 0.130. The van der Waals surface area contributed by atoms with Crippen molar-refractivity contribution in [2.24, 2.45) is 5.16 Å². The first-order chi connectivity index (χ1) is 15.0. The minimum absolute atomic E-state index is 0.198. The molecule has 3 aromatic carbocycles. The van der Waals surface area contributed by atoms with Crippen molar-refractivity contribution in [2.75, 3.05) is 13.7 Å². The van der Waals surface area contributed by atoms with Crippen LogP contribution in [-0.2, 0) is 16.2 Å². The summed E-state index contributed by atoms with van der Waals surface area (Å²) in [6.45, 7) is -0.110. The Kier molecular flexibility index (Phi) is 7.84. The smallest absolute Gasteiger partial charge is 0.372 e. The maximum absolute atomic E-state index is 13.0. The van der Waals surface area contributed by atoms with E-state index in [1.165, 1.54) is 30.5 Å². The lowest BCUT2D eigenvalue weighted by atomic mass is 10.1. The lowest BCUT2D eigenvalue weighted by molar-refractivity contribution is -0.145. The zero-order valence-corrected chi connectivity index (χ0v) is 17.3. The van der Waals surface area contributed by atoms with Gasteiger partial charge in [-0.1, -0.05) is 22.8 Å². The second kappa shape index (κ2) is 11.0. The van der Waals surface area contributed by atoms with Gasteiger partial charge in [-0.15, -0.1) is 0 Å². The summed E-state index contributed by atoms with van der Waals surface area (Å²) in [5, 5.41) is 4.19. The van der Waals surface area contributed by atoms with Crippen LogP contribution >= 0.6 is 11.6 Å². The molecule has 8 heteroatoms. The van der Waals surface area contributed by atoms with E-state index in [1.807, 2.05) is 0 Å². The highest BCUT2D eigenvalue weighted by Gasteiger charge is 2.07. The highest BCUT2D eigenvalue weighted by Crippen LogP contribution is 2.22. The Hall–Kier alpha value is -3.58. The van der Waals surface area contributed by atoms with Gasteiger partial charge in [-0.05, 0) is 66.2 Å². The Morgan fingerprint density at radius 3 is 2.58 bits per heavy atom. The molecule has 0 bridgehead atoms. The minimum Gasteiger partial charge on any atom is -0.496 e. The summed E-state index contributed by atoms with van der Waals surface area (Å²) >= 11 is 5.86. The summed E-state index contributed by atoms with van der Waals surface area (Å²) in [4.78, 5) is 16.6. The molecule has 6 nitrogen and oxygen atoms in total. The monoisotopic (exact) mass is 443 g/mol. The fourth-order valence-electron chi connectivity index (χ4n) is 2.55. The van der Waals surface area contributed by atoms with E-state index in [0.29, 0.717) is 27.8 Å².